The molecule has 0 aromatic rings. The van der Waals surface area contributed by atoms with Crippen LogP contribution in [0.2, 0.25) is 0 Å². The number of nitrogens with zero attached hydrogens (tertiary/aromatic N) is 3. The SMILES string of the molecule is CN1C2N=C[NH+](C)C2C(=O)N2CC(C)(CI)OC21.[I-]. The van der Waals surface area contributed by atoms with Crippen molar-refractivity contribution in [3.05, 3.63) is 0 Å². The van der Waals surface area contributed by atoms with Crippen LogP contribution in [0.25, 0.3) is 0 Å². The van der Waals surface area contributed by atoms with Gasteiger partial charge in [-0.15, -0.1) is 0 Å². The number of aliphatic imine (C=N–C) groups is 1. The van der Waals surface area contributed by atoms with Crippen molar-refractivity contribution < 1.29 is 38.4 Å². The average molecular weight is 492 g/mol. The minimum Gasteiger partial charge on any atom is -1.00 e. The van der Waals surface area contributed by atoms with Crippen LogP contribution in [-0.4, -0.2) is 71.3 Å². The first kappa shape index (κ1) is 15.9. The van der Waals surface area contributed by atoms with Gasteiger partial charge in [0.25, 0.3) is 5.91 Å². The van der Waals surface area contributed by atoms with E-state index in [4.69, 9.17) is 4.74 Å². The molecular weight excluding hydrogens is 474 g/mol. The predicted octanol–water partition coefficient (Wildman–Crippen LogP) is -4.48. The molecular formula is C11H18I2N4O2. The maximum atomic E-state index is 12.6. The molecule has 1 amide bonds. The van der Waals surface area contributed by atoms with E-state index in [0.29, 0.717) is 6.54 Å². The van der Waals surface area contributed by atoms with Crippen LogP contribution in [0.5, 0.6) is 0 Å². The first-order valence-corrected chi connectivity index (χ1v) is 7.62. The Morgan fingerprint density at radius 1 is 1.68 bits per heavy atom. The molecule has 6 nitrogen and oxygen atoms in total. The zero-order valence-corrected chi connectivity index (χ0v) is 15.5. The molecule has 2 fully saturated rings. The minimum atomic E-state index is -0.262. The zero-order chi connectivity index (χ0) is 13.1. The lowest BCUT2D eigenvalue weighted by Crippen LogP contribution is -3.13. The fraction of sp³-hybridized carbons (Fsp3) is 0.818. The normalized spacial score (nSPS) is 45.1. The van der Waals surface area contributed by atoms with Gasteiger partial charge in [-0.05, 0) is 14.0 Å². The molecule has 0 aliphatic carbocycles. The van der Waals surface area contributed by atoms with Gasteiger partial charge >= 0.3 is 0 Å². The quantitative estimate of drug-likeness (QED) is 0.297. The van der Waals surface area contributed by atoms with Crippen molar-refractivity contribution in [1.82, 2.24) is 9.80 Å². The molecule has 0 radical (unpaired) electrons. The number of quaternary nitrogens is 1. The minimum absolute atomic E-state index is 0. The number of ether oxygens (including phenoxy) is 1. The number of halogens is 2. The van der Waals surface area contributed by atoms with Gasteiger partial charge in [0.15, 0.2) is 18.9 Å². The van der Waals surface area contributed by atoms with Crippen molar-refractivity contribution in [2.24, 2.45) is 4.99 Å². The molecule has 3 aliphatic rings. The topological polar surface area (TPSA) is 49.6 Å². The van der Waals surface area contributed by atoms with Crippen LogP contribution in [-0.2, 0) is 9.53 Å². The van der Waals surface area contributed by atoms with Gasteiger partial charge in [0.1, 0.15) is 0 Å². The number of carbonyl (C=O) groups excluding carboxylic acids is 1. The number of alkyl halides is 1. The second-order valence-corrected chi connectivity index (χ2v) is 6.34. The third kappa shape index (κ3) is 2.32. The van der Waals surface area contributed by atoms with Crippen LogP contribution < -0.4 is 28.9 Å². The number of hydrogen-bond donors (Lipinski definition) is 1. The van der Waals surface area contributed by atoms with Gasteiger partial charge in [0.2, 0.25) is 6.04 Å². The first-order valence-electron chi connectivity index (χ1n) is 6.10. The van der Waals surface area contributed by atoms with Gasteiger partial charge in [-0.25, -0.2) is 9.89 Å². The molecule has 5 atom stereocenters. The lowest BCUT2D eigenvalue weighted by Gasteiger charge is -2.41. The summed E-state index contributed by atoms with van der Waals surface area (Å²) in [7, 11) is 3.96. The molecule has 8 heteroatoms. The smallest absolute Gasteiger partial charge is 0.288 e. The van der Waals surface area contributed by atoms with Crippen molar-refractivity contribution in [2.45, 2.75) is 31.1 Å². The Morgan fingerprint density at radius 2 is 2.37 bits per heavy atom. The molecule has 2 saturated heterocycles. The largest absolute Gasteiger partial charge is 1.00 e. The molecule has 3 heterocycles. The van der Waals surface area contributed by atoms with Crippen LogP contribution >= 0.6 is 22.6 Å². The summed E-state index contributed by atoms with van der Waals surface area (Å²) < 4.78 is 6.94. The molecule has 19 heavy (non-hydrogen) atoms. The molecule has 0 saturated carbocycles. The standard InChI is InChI=1S/C11H17IN4O2.HI/c1-11(4-12)5-16-9(17)7-8(13-6-14(7)2)15(3)10(16)18-11;/h6-8,10H,4-5H2,1-3H3;1H. The summed E-state index contributed by atoms with van der Waals surface area (Å²) >= 11 is 2.32. The molecule has 0 aromatic heterocycles. The number of fused-ring (bicyclic) bond motifs is 2. The summed E-state index contributed by atoms with van der Waals surface area (Å²) in [5, 5.41) is 0. The summed E-state index contributed by atoms with van der Waals surface area (Å²) in [4.78, 5) is 22.0. The number of nitrogens with one attached hydrogen (secondary N) is 1. The van der Waals surface area contributed by atoms with E-state index in [9.17, 15) is 4.79 Å². The van der Waals surface area contributed by atoms with E-state index < -0.39 is 0 Å². The van der Waals surface area contributed by atoms with Gasteiger partial charge in [0, 0.05) is 4.43 Å². The van der Waals surface area contributed by atoms with Gasteiger partial charge < -0.3 is 28.7 Å². The number of carbonyl (C=O) groups is 1. The summed E-state index contributed by atoms with van der Waals surface area (Å²) in [6, 6.07) is -0.119. The highest BCUT2D eigenvalue weighted by Gasteiger charge is 2.58. The summed E-state index contributed by atoms with van der Waals surface area (Å²) in [6.45, 7) is 2.73. The molecule has 3 rings (SSSR count). The first-order chi connectivity index (χ1) is 8.47. The summed E-state index contributed by atoms with van der Waals surface area (Å²) in [6.07, 6.45) is 1.47. The van der Waals surface area contributed by atoms with Crippen molar-refractivity contribution >= 4 is 34.8 Å². The third-order valence-electron chi connectivity index (χ3n) is 3.98. The Kier molecular flexibility index (Phi) is 4.47. The van der Waals surface area contributed by atoms with E-state index in [1.54, 1.807) is 0 Å². The molecule has 108 valence electrons. The second kappa shape index (κ2) is 5.35. The Balaban J connectivity index is 0.00000133. The average Bonchev–Trinajstić information content (AvgIpc) is 2.89. The van der Waals surface area contributed by atoms with Crippen molar-refractivity contribution in [3.63, 3.8) is 0 Å². The number of likely N-dealkylation sites (N-methyl/N-ethyl adjacent to an activating group) is 2. The van der Waals surface area contributed by atoms with E-state index in [2.05, 4.69) is 39.4 Å². The Hall–Kier alpha value is 0.480. The molecule has 0 spiro atoms. The second-order valence-electron chi connectivity index (χ2n) is 5.57. The van der Waals surface area contributed by atoms with Crippen LogP contribution in [0.1, 0.15) is 6.92 Å². The van der Waals surface area contributed by atoms with E-state index in [1.165, 1.54) is 0 Å². The van der Waals surface area contributed by atoms with Gasteiger partial charge in [-0.3, -0.25) is 14.6 Å². The molecule has 0 bridgehead atoms. The van der Waals surface area contributed by atoms with Crippen molar-refractivity contribution in [1.29, 1.82) is 0 Å². The molecule has 5 unspecified atom stereocenters. The molecule has 1 N–H and O–H groups in total. The maximum Gasteiger partial charge on any atom is 0.288 e. The van der Waals surface area contributed by atoms with Crippen LogP contribution in [0, 0.1) is 0 Å². The summed E-state index contributed by atoms with van der Waals surface area (Å²) in [5.74, 6) is 0.159. The van der Waals surface area contributed by atoms with E-state index in [-0.39, 0.29) is 54.0 Å². The highest BCUT2D eigenvalue weighted by Crippen LogP contribution is 2.34. The predicted molar refractivity (Wildman–Crippen MR) is 74.6 cm³/mol. The number of amides is 1. The van der Waals surface area contributed by atoms with Crippen molar-refractivity contribution in [3.8, 4) is 0 Å². The van der Waals surface area contributed by atoms with Crippen LogP contribution in [0.15, 0.2) is 4.99 Å². The number of hydrogen-bond acceptors (Lipinski definition) is 4. The van der Waals surface area contributed by atoms with E-state index >= 15 is 0 Å². The Bertz CT molecular complexity index is 421. The lowest BCUT2D eigenvalue weighted by atomic mass is 10.1. The lowest BCUT2D eigenvalue weighted by molar-refractivity contribution is -0.792. The Labute approximate surface area is 143 Å². The van der Waals surface area contributed by atoms with Gasteiger partial charge in [-0.2, -0.15) is 0 Å². The van der Waals surface area contributed by atoms with E-state index in [1.807, 2.05) is 25.3 Å². The maximum absolute atomic E-state index is 12.6. The zero-order valence-electron chi connectivity index (χ0n) is 11.1. The monoisotopic (exact) mass is 492 g/mol. The fourth-order valence-corrected chi connectivity index (χ4v) is 3.35. The summed E-state index contributed by atoms with van der Waals surface area (Å²) in [5.41, 5.74) is -0.245. The van der Waals surface area contributed by atoms with Gasteiger partial charge in [-0.1, -0.05) is 22.6 Å². The van der Waals surface area contributed by atoms with Crippen molar-refractivity contribution in [2.75, 3.05) is 25.1 Å². The highest BCUT2D eigenvalue weighted by molar-refractivity contribution is 14.1. The number of rotatable bonds is 1. The highest BCUT2D eigenvalue weighted by atomic mass is 127. The molecule has 0 aromatic carbocycles. The Morgan fingerprint density at radius 3 is 3.00 bits per heavy atom. The fourth-order valence-electron chi connectivity index (χ4n) is 2.92. The molecule has 3 aliphatic heterocycles. The third-order valence-corrected chi connectivity index (χ3v) is 5.59. The van der Waals surface area contributed by atoms with Gasteiger partial charge in [0.05, 0.1) is 19.2 Å². The van der Waals surface area contributed by atoms with Crippen LogP contribution in [0.3, 0.4) is 0 Å². The van der Waals surface area contributed by atoms with Crippen LogP contribution in [0.4, 0.5) is 0 Å². The van der Waals surface area contributed by atoms with E-state index in [0.717, 1.165) is 9.33 Å².